The molecule has 3 aromatic rings. The van der Waals surface area contributed by atoms with Gasteiger partial charge in [-0.15, -0.1) is 0 Å². The van der Waals surface area contributed by atoms with Crippen molar-refractivity contribution in [2.75, 3.05) is 6.54 Å². The fourth-order valence-electron chi connectivity index (χ4n) is 2.35. The number of hydrogen-bond acceptors (Lipinski definition) is 3. The molecule has 4 nitrogen and oxygen atoms in total. The molecule has 2 aromatic carbocycles. The van der Waals surface area contributed by atoms with Gasteiger partial charge in [0.05, 0.1) is 12.4 Å². The molecule has 24 heavy (non-hydrogen) atoms. The second-order valence-corrected chi connectivity index (χ2v) is 5.77. The summed E-state index contributed by atoms with van der Waals surface area (Å²) in [5.74, 6) is 0.494. The van der Waals surface area contributed by atoms with E-state index in [4.69, 9.17) is 16.0 Å². The van der Waals surface area contributed by atoms with Crippen molar-refractivity contribution in [2.24, 2.45) is 0 Å². The van der Waals surface area contributed by atoms with Crippen LogP contribution in [0.5, 0.6) is 0 Å². The summed E-state index contributed by atoms with van der Waals surface area (Å²) in [7, 11) is 0. The molecule has 1 atom stereocenters. The number of furan rings is 1. The maximum Gasteiger partial charge on any atom is 0.251 e. The minimum Gasteiger partial charge on any atom is -0.464 e. The first-order chi connectivity index (χ1) is 11.6. The molecule has 0 bridgehead atoms. The number of carbonyl (C=O) groups is 1. The van der Waals surface area contributed by atoms with Gasteiger partial charge in [0.2, 0.25) is 0 Å². The Morgan fingerprint density at radius 1 is 1.12 bits per heavy atom. The Labute approximate surface area is 144 Å². The molecular formula is C19H16ClNO3. The van der Waals surface area contributed by atoms with Gasteiger partial charge in [-0.2, -0.15) is 0 Å². The van der Waals surface area contributed by atoms with Crippen LogP contribution < -0.4 is 5.32 Å². The predicted molar refractivity (Wildman–Crippen MR) is 92.9 cm³/mol. The largest absolute Gasteiger partial charge is 0.464 e. The van der Waals surface area contributed by atoms with Gasteiger partial charge in [-0.1, -0.05) is 41.9 Å². The van der Waals surface area contributed by atoms with Gasteiger partial charge < -0.3 is 14.8 Å². The molecule has 3 rings (SSSR count). The van der Waals surface area contributed by atoms with Crippen LogP contribution in [0.1, 0.15) is 22.0 Å². The highest BCUT2D eigenvalue weighted by Gasteiger charge is 2.11. The highest BCUT2D eigenvalue weighted by Crippen LogP contribution is 2.22. The van der Waals surface area contributed by atoms with E-state index in [9.17, 15) is 9.90 Å². The van der Waals surface area contributed by atoms with Gasteiger partial charge >= 0.3 is 0 Å². The molecule has 0 saturated carbocycles. The first kappa shape index (κ1) is 16.3. The third kappa shape index (κ3) is 3.85. The zero-order valence-electron chi connectivity index (χ0n) is 12.8. The Hall–Kier alpha value is -2.56. The molecule has 122 valence electrons. The number of aliphatic hydroxyl groups excluding tert-OH is 1. The van der Waals surface area contributed by atoms with E-state index in [1.54, 1.807) is 30.5 Å². The lowest BCUT2D eigenvalue weighted by atomic mass is 10.1. The van der Waals surface area contributed by atoms with Crippen LogP contribution in [0.4, 0.5) is 0 Å². The Balaban J connectivity index is 1.60. The van der Waals surface area contributed by atoms with Gasteiger partial charge in [-0.25, -0.2) is 0 Å². The lowest BCUT2D eigenvalue weighted by Gasteiger charge is -2.13. The maximum atomic E-state index is 12.0. The van der Waals surface area contributed by atoms with Crippen molar-refractivity contribution in [1.82, 2.24) is 5.32 Å². The van der Waals surface area contributed by atoms with Gasteiger partial charge in [-0.05, 0) is 35.9 Å². The number of aliphatic hydroxyl groups is 1. The monoisotopic (exact) mass is 341 g/mol. The summed E-state index contributed by atoms with van der Waals surface area (Å²) in [5.41, 5.74) is 2.11. The Kier molecular flexibility index (Phi) is 4.99. The number of carbonyl (C=O) groups excluding carboxylic acids is 1. The molecule has 1 aromatic heterocycles. The normalized spacial score (nSPS) is 11.9. The third-order valence-electron chi connectivity index (χ3n) is 3.64. The molecular weight excluding hydrogens is 326 g/mol. The van der Waals surface area contributed by atoms with Crippen molar-refractivity contribution in [1.29, 1.82) is 0 Å². The fourth-order valence-corrected chi connectivity index (χ4v) is 2.54. The van der Waals surface area contributed by atoms with E-state index in [0.29, 0.717) is 10.6 Å². The van der Waals surface area contributed by atoms with E-state index in [2.05, 4.69) is 5.32 Å². The van der Waals surface area contributed by atoms with Crippen molar-refractivity contribution in [3.05, 3.63) is 83.1 Å². The number of hydrogen-bond donors (Lipinski definition) is 2. The summed E-state index contributed by atoms with van der Waals surface area (Å²) in [6.45, 7) is 0.117. The zero-order chi connectivity index (χ0) is 16.9. The highest BCUT2D eigenvalue weighted by atomic mass is 35.5. The Morgan fingerprint density at radius 2 is 1.92 bits per heavy atom. The standard InChI is InChI=1S/C19H16ClNO3/c20-16-4-1-3-15(11-16)19(23)21-12-17(22)13-6-8-14(9-7-13)18-5-2-10-24-18/h1-11,17,22H,12H2,(H,21,23)/t17-/m1/s1. The molecule has 1 heterocycles. The first-order valence-corrected chi connectivity index (χ1v) is 7.87. The summed E-state index contributed by atoms with van der Waals surface area (Å²) in [4.78, 5) is 12.0. The molecule has 0 saturated heterocycles. The lowest BCUT2D eigenvalue weighted by Crippen LogP contribution is -2.28. The summed E-state index contributed by atoms with van der Waals surface area (Å²) < 4.78 is 5.33. The van der Waals surface area contributed by atoms with Crippen LogP contribution in [0.25, 0.3) is 11.3 Å². The average molecular weight is 342 g/mol. The quantitative estimate of drug-likeness (QED) is 0.735. The topological polar surface area (TPSA) is 62.5 Å². The molecule has 0 radical (unpaired) electrons. The second kappa shape index (κ2) is 7.34. The number of nitrogens with one attached hydrogen (secondary N) is 1. The average Bonchev–Trinajstić information content (AvgIpc) is 3.14. The van der Waals surface area contributed by atoms with Crippen LogP contribution in [0.3, 0.4) is 0 Å². The van der Waals surface area contributed by atoms with Crippen LogP contribution in [0.2, 0.25) is 5.02 Å². The van der Waals surface area contributed by atoms with Gasteiger partial charge in [0.15, 0.2) is 0 Å². The minimum atomic E-state index is -0.793. The summed E-state index contributed by atoms with van der Waals surface area (Å²) in [5, 5.41) is 13.4. The van der Waals surface area contributed by atoms with Crippen molar-refractivity contribution < 1.29 is 14.3 Å². The maximum absolute atomic E-state index is 12.0. The molecule has 0 aliphatic carbocycles. The van der Waals surface area contributed by atoms with E-state index in [0.717, 1.165) is 16.9 Å². The predicted octanol–water partition coefficient (Wildman–Crippen LogP) is 4.06. The smallest absolute Gasteiger partial charge is 0.251 e. The molecule has 0 aliphatic rings. The molecule has 0 aliphatic heterocycles. The summed E-state index contributed by atoms with van der Waals surface area (Å²) >= 11 is 5.87. The van der Waals surface area contributed by atoms with E-state index in [1.165, 1.54) is 0 Å². The first-order valence-electron chi connectivity index (χ1n) is 7.49. The van der Waals surface area contributed by atoms with Gasteiger partial charge in [0.1, 0.15) is 5.76 Å². The van der Waals surface area contributed by atoms with Crippen LogP contribution in [-0.2, 0) is 0 Å². The number of benzene rings is 2. The number of amides is 1. The van der Waals surface area contributed by atoms with E-state index < -0.39 is 6.10 Å². The summed E-state index contributed by atoms with van der Waals surface area (Å²) in [6.07, 6.45) is 0.822. The van der Waals surface area contributed by atoms with Gasteiger partial charge in [-0.3, -0.25) is 4.79 Å². The number of halogens is 1. The second-order valence-electron chi connectivity index (χ2n) is 5.34. The molecule has 0 spiro atoms. The van der Waals surface area contributed by atoms with Crippen LogP contribution in [-0.4, -0.2) is 17.6 Å². The van der Waals surface area contributed by atoms with Crippen molar-refractivity contribution in [3.63, 3.8) is 0 Å². The highest BCUT2D eigenvalue weighted by molar-refractivity contribution is 6.30. The fraction of sp³-hybridized carbons (Fsp3) is 0.105. The van der Waals surface area contributed by atoms with Crippen molar-refractivity contribution in [3.8, 4) is 11.3 Å². The molecule has 5 heteroatoms. The van der Waals surface area contributed by atoms with Crippen LogP contribution in [0, 0.1) is 0 Å². The zero-order valence-corrected chi connectivity index (χ0v) is 13.5. The Bertz CT molecular complexity index is 813. The van der Waals surface area contributed by atoms with Crippen LogP contribution >= 0.6 is 11.6 Å². The molecule has 2 N–H and O–H groups in total. The Morgan fingerprint density at radius 3 is 2.58 bits per heavy atom. The van der Waals surface area contributed by atoms with E-state index >= 15 is 0 Å². The van der Waals surface area contributed by atoms with Crippen molar-refractivity contribution in [2.45, 2.75) is 6.10 Å². The van der Waals surface area contributed by atoms with Crippen molar-refractivity contribution >= 4 is 17.5 Å². The molecule has 1 amide bonds. The summed E-state index contributed by atoms with van der Waals surface area (Å²) in [6, 6.07) is 17.7. The molecule has 0 fully saturated rings. The minimum absolute atomic E-state index is 0.117. The van der Waals surface area contributed by atoms with Gasteiger partial charge in [0.25, 0.3) is 5.91 Å². The van der Waals surface area contributed by atoms with E-state index in [1.807, 2.05) is 36.4 Å². The third-order valence-corrected chi connectivity index (χ3v) is 3.88. The SMILES string of the molecule is O=C(NC[C@@H](O)c1ccc(-c2ccco2)cc1)c1cccc(Cl)c1. The molecule has 0 unspecified atom stereocenters. The van der Waals surface area contributed by atoms with Crippen LogP contribution in [0.15, 0.2) is 71.3 Å². The van der Waals surface area contributed by atoms with Gasteiger partial charge in [0, 0.05) is 22.7 Å². The lowest BCUT2D eigenvalue weighted by molar-refractivity contribution is 0.0916. The number of rotatable bonds is 5. The van der Waals surface area contributed by atoms with E-state index in [-0.39, 0.29) is 12.5 Å².